The second-order valence-electron chi connectivity index (χ2n) is 7.36. The molecule has 0 saturated carbocycles. The smallest absolute Gasteiger partial charge is 0.337 e. The van der Waals surface area contributed by atoms with Crippen LogP contribution in [0.25, 0.3) is 10.2 Å². The minimum absolute atomic E-state index is 0.0977. The van der Waals surface area contributed by atoms with E-state index in [9.17, 15) is 14.4 Å². The fraction of sp³-hybridized carbons (Fsp3) is 0.524. The van der Waals surface area contributed by atoms with E-state index in [2.05, 4.69) is 11.9 Å². The fourth-order valence-corrected chi connectivity index (χ4v) is 5.27. The van der Waals surface area contributed by atoms with Crippen molar-refractivity contribution in [1.82, 2.24) is 9.47 Å². The van der Waals surface area contributed by atoms with Crippen LogP contribution in [0, 0.1) is 5.92 Å². The van der Waals surface area contributed by atoms with Gasteiger partial charge in [0.25, 0.3) is 5.91 Å². The lowest BCUT2D eigenvalue weighted by Gasteiger charge is -2.30. The summed E-state index contributed by atoms with van der Waals surface area (Å²) < 4.78 is 7.59. The van der Waals surface area contributed by atoms with E-state index in [1.165, 1.54) is 30.2 Å². The first-order valence-electron chi connectivity index (χ1n) is 10.1. The highest BCUT2D eigenvalue weighted by atomic mass is 32.2. The monoisotopic (exact) mass is 449 g/mol. The fourth-order valence-electron chi connectivity index (χ4n) is 3.42. The number of ether oxygens (including phenoxy) is 1. The van der Waals surface area contributed by atoms with Crippen molar-refractivity contribution in [3.05, 3.63) is 28.6 Å². The number of hydrogen-bond acceptors (Lipinski definition) is 6. The van der Waals surface area contributed by atoms with Crippen molar-refractivity contribution < 1.29 is 19.1 Å². The van der Waals surface area contributed by atoms with Crippen LogP contribution in [0.15, 0.2) is 23.2 Å². The highest BCUT2D eigenvalue weighted by Crippen LogP contribution is 2.20. The number of thiazole rings is 1. The summed E-state index contributed by atoms with van der Waals surface area (Å²) in [6.07, 6.45) is 2.09. The minimum Gasteiger partial charge on any atom is -0.465 e. The molecule has 1 aromatic carbocycles. The maximum atomic E-state index is 12.4. The van der Waals surface area contributed by atoms with Crippen molar-refractivity contribution >= 4 is 51.1 Å². The van der Waals surface area contributed by atoms with E-state index in [4.69, 9.17) is 4.74 Å². The third kappa shape index (κ3) is 5.31. The van der Waals surface area contributed by atoms with Gasteiger partial charge in [-0.3, -0.25) is 9.59 Å². The van der Waals surface area contributed by atoms with Gasteiger partial charge in [0.1, 0.15) is 0 Å². The summed E-state index contributed by atoms with van der Waals surface area (Å²) in [5.74, 6) is 0.590. The number of fused-ring (bicyclic) bond motifs is 1. The molecule has 0 N–H and O–H groups in total. The molecule has 0 atom stereocenters. The van der Waals surface area contributed by atoms with Crippen LogP contribution >= 0.6 is 23.1 Å². The molecule has 7 nitrogen and oxygen atoms in total. The number of amides is 2. The molecule has 0 unspecified atom stereocenters. The summed E-state index contributed by atoms with van der Waals surface area (Å²) in [6.45, 7) is 6.47. The minimum atomic E-state index is -0.396. The van der Waals surface area contributed by atoms with E-state index in [1.807, 2.05) is 22.5 Å². The van der Waals surface area contributed by atoms with Crippen molar-refractivity contribution in [3.63, 3.8) is 0 Å². The van der Waals surface area contributed by atoms with Gasteiger partial charge in [-0.25, -0.2) is 4.79 Å². The first kappa shape index (κ1) is 22.6. The number of esters is 1. The zero-order valence-electron chi connectivity index (χ0n) is 17.6. The molecule has 2 aromatic rings. The van der Waals surface area contributed by atoms with Crippen LogP contribution in [0.2, 0.25) is 0 Å². The zero-order valence-corrected chi connectivity index (χ0v) is 19.2. The topological polar surface area (TPSA) is 81.0 Å². The van der Waals surface area contributed by atoms with Gasteiger partial charge in [0.15, 0.2) is 4.80 Å². The molecule has 0 spiro atoms. The Hall–Kier alpha value is -2.13. The molecule has 3 rings (SSSR count). The second kappa shape index (κ2) is 10.3. The number of aromatic nitrogens is 1. The normalized spacial score (nSPS) is 15.6. The second-order valence-corrected chi connectivity index (χ2v) is 9.36. The third-order valence-corrected chi connectivity index (χ3v) is 7.17. The van der Waals surface area contributed by atoms with Crippen LogP contribution in [0.4, 0.5) is 0 Å². The van der Waals surface area contributed by atoms with Gasteiger partial charge in [0.2, 0.25) is 5.91 Å². The first-order chi connectivity index (χ1) is 14.4. The molecule has 9 heteroatoms. The lowest BCUT2D eigenvalue weighted by atomic mass is 9.99. The van der Waals surface area contributed by atoms with E-state index in [0.717, 1.165) is 36.1 Å². The van der Waals surface area contributed by atoms with E-state index >= 15 is 0 Å². The molecule has 1 fully saturated rings. The summed E-state index contributed by atoms with van der Waals surface area (Å²) >= 11 is 2.68. The predicted octanol–water partition coefficient (Wildman–Crippen LogP) is 2.93. The quantitative estimate of drug-likeness (QED) is 0.634. The SMILES string of the molecule is CCn1c(=NC(=O)CSCC(=O)N2CCC(C)CC2)sc2cc(C(=O)OC)ccc21. The molecule has 2 amide bonds. The van der Waals surface area contributed by atoms with Gasteiger partial charge in [-0.15, -0.1) is 11.8 Å². The molecule has 0 bridgehead atoms. The Labute approximate surface area is 184 Å². The van der Waals surface area contributed by atoms with Crippen LogP contribution in [0.1, 0.15) is 37.0 Å². The van der Waals surface area contributed by atoms with Gasteiger partial charge in [-0.1, -0.05) is 18.3 Å². The van der Waals surface area contributed by atoms with Crippen LogP contribution in [0.3, 0.4) is 0 Å². The average Bonchev–Trinajstić information content (AvgIpc) is 3.09. The van der Waals surface area contributed by atoms with Crippen molar-refractivity contribution in [2.75, 3.05) is 31.7 Å². The number of nitrogens with zero attached hydrogens (tertiary/aromatic N) is 3. The Balaban J connectivity index is 1.65. The maximum absolute atomic E-state index is 12.4. The van der Waals surface area contributed by atoms with Crippen LogP contribution in [-0.2, 0) is 20.9 Å². The zero-order chi connectivity index (χ0) is 21.7. The van der Waals surface area contributed by atoms with Crippen molar-refractivity contribution in [2.45, 2.75) is 33.2 Å². The molecule has 2 heterocycles. The van der Waals surface area contributed by atoms with Crippen LogP contribution in [0.5, 0.6) is 0 Å². The average molecular weight is 450 g/mol. The molecular formula is C21H27N3O4S2. The molecule has 0 radical (unpaired) electrons. The maximum Gasteiger partial charge on any atom is 0.337 e. The number of piperidine rings is 1. The van der Waals surface area contributed by atoms with Crippen molar-refractivity contribution in [3.8, 4) is 0 Å². The van der Waals surface area contributed by atoms with Gasteiger partial charge < -0.3 is 14.2 Å². The standard InChI is InChI=1S/C21H27N3O4S2/c1-4-24-16-6-5-15(20(27)28-3)11-17(16)30-21(24)22-18(25)12-29-13-19(26)23-9-7-14(2)8-10-23/h5-6,11,14H,4,7-10,12-13H2,1-3H3. The predicted molar refractivity (Wildman–Crippen MR) is 120 cm³/mol. The van der Waals surface area contributed by atoms with E-state index in [-0.39, 0.29) is 17.6 Å². The summed E-state index contributed by atoms with van der Waals surface area (Å²) in [7, 11) is 1.35. The third-order valence-electron chi connectivity index (χ3n) is 5.23. The highest BCUT2D eigenvalue weighted by Gasteiger charge is 2.20. The lowest BCUT2D eigenvalue weighted by Crippen LogP contribution is -2.39. The van der Waals surface area contributed by atoms with E-state index in [0.29, 0.717) is 28.6 Å². The molecule has 1 aliphatic rings. The molecule has 30 heavy (non-hydrogen) atoms. The number of aryl methyl sites for hydroxylation is 1. The molecular weight excluding hydrogens is 422 g/mol. The number of thioether (sulfide) groups is 1. The Kier molecular flexibility index (Phi) is 7.71. The number of hydrogen-bond donors (Lipinski definition) is 0. The van der Waals surface area contributed by atoms with Crippen LogP contribution < -0.4 is 4.80 Å². The highest BCUT2D eigenvalue weighted by molar-refractivity contribution is 8.00. The van der Waals surface area contributed by atoms with Crippen LogP contribution in [-0.4, -0.2) is 59.0 Å². The number of carbonyl (C=O) groups is 3. The number of benzene rings is 1. The summed E-state index contributed by atoms with van der Waals surface area (Å²) in [5.41, 5.74) is 1.39. The molecule has 162 valence electrons. The van der Waals surface area contributed by atoms with Gasteiger partial charge in [0, 0.05) is 19.6 Å². The Bertz CT molecular complexity index is 1000. The Morgan fingerprint density at radius 2 is 1.97 bits per heavy atom. The molecule has 1 aliphatic heterocycles. The number of carbonyl (C=O) groups excluding carboxylic acids is 3. The molecule has 0 aliphatic carbocycles. The summed E-state index contributed by atoms with van der Waals surface area (Å²) in [4.78, 5) is 43.2. The Morgan fingerprint density at radius 1 is 1.23 bits per heavy atom. The number of rotatable bonds is 6. The summed E-state index contributed by atoms with van der Waals surface area (Å²) in [5, 5.41) is 0. The van der Waals surface area contributed by atoms with Gasteiger partial charge >= 0.3 is 5.97 Å². The van der Waals surface area contributed by atoms with Crippen molar-refractivity contribution in [2.24, 2.45) is 10.9 Å². The van der Waals surface area contributed by atoms with Gasteiger partial charge in [-0.05, 0) is 43.9 Å². The van der Waals surface area contributed by atoms with Gasteiger partial charge in [-0.2, -0.15) is 4.99 Å². The number of methoxy groups -OCH3 is 1. The van der Waals surface area contributed by atoms with Gasteiger partial charge in [0.05, 0.1) is 34.4 Å². The van der Waals surface area contributed by atoms with Crippen molar-refractivity contribution in [1.29, 1.82) is 0 Å². The Morgan fingerprint density at radius 3 is 2.63 bits per heavy atom. The van der Waals surface area contributed by atoms with E-state index in [1.54, 1.807) is 12.1 Å². The van der Waals surface area contributed by atoms with E-state index < -0.39 is 5.97 Å². The molecule has 1 aromatic heterocycles. The lowest BCUT2D eigenvalue weighted by molar-refractivity contribution is -0.129. The number of likely N-dealkylation sites (tertiary alicyclic amines) is 1. The largest absolute Gasteiger partial charge is 0.465 e. The summed E-state index contributed by atoms with van der Waals surface area (Å²) in [6, 6.07) is 5.31. The molecule has 1 saturated heterocycles. The first-order valence-corrected chi connectivity index (χ1v) is 12.0.